The number of nitrogens with one attached hydrogen (secondary N) is 2. The van der Waals surface area contributed by atoms with Crippen LogP contribution in [0.4, 0.5) is 10.5 Å². The Balaban J connectivity index is 2.64. The van der Waals surface area contributed by atoms with Crippen LogP contribution in [0, 0.1) is 19.3 Å². The lowest BCUT2D eigenvalue weighted by molar-refractivity contribution is -0.143. The van der Waals surface area contributed by atoms with Crippen molar-refractivity contribution in [1.29, 1.82) is 0 Å². The molecule has 2 rings (SSSR count). The standard InChI is InChI=1S/C29H35ClN4O5/c1-8-19-13-9-10-14-20(19)25(26(36)33-24-18(4)12-11-15-21(24)30)34(17(2)3)27(37)22(16-23(31)35)32-28(38)39-29(5,6)7/h1,9-15,17,22,25H,16H2,2-7H3,(H2,31,35)(H,32,38)(H,33,36). The maximum atomic E-state index is 14.0. The van der Waals surface area contributed by atoms with Crippen molar-refractivity contribution >= 4 is 41.1 Å². The van der Waals surface area contributed by atoms with Gasteiger partial charge in [0.05, 0.1) is 17.1 Å². The number of primary amides is 1. The first-order valence-corrected chi connectivity index (χ1v) is 12.8. The molecule has 0 bridgehead atoms. The average molecular weight is 555 g/mol. The molecule has 2 unspecified atom stereocenters. The molecule has 0 fully saturated rings. The number of rotatable bonds is 9. The number of nitrogens with two attached hydrogens (primary N) is 1. The number of ether oxygens (including phenoxy) is 1. The molecule has 0 saturated carbocycles. The molecular weight excluding hydrogens is 520 g/mol. The number of amides is 4. The summed E-state index contributed by atoms with van der Waals surface area (Å²) in [7, 11) is 0. The largest absolute Gasteiger partial charge is 0.444 e. The van der Waals surface area contributed by atoms with Gasteiger partial charge in [0.25, 0.3) is 5.91 Å². The third-order valence-corrected chi connectivity index (χ3v) is 5.93. The van der Waals surface area contributed by atoms with E-state index in [1.165, 1.54) is 4.90 Å². The van der Waals surface area contributed by atoms with Crippen LogP contribution in [-0.2, 0) is 19.1 Å². The summed E-state index contributed by atoms with van der Waals surface area (Å²) in [5, 5.41) is 5.58. The van der Waals surface area contributed by atoms with E-state index in [1.54, 1.807) is 84.0 Å². The summed E-state index contributed by atoms with van der Waals surface area (Å²) in [6, 6.07) is 8.63. The minimum absolute atomic E-state index is 0.313. The Kier molecular flexibility index (Phi) is 10.5. The van der Waals surface area contributed by atoms with Gasteiger partial charge in [0.15, 0.2) is 0 Å². The molecule has 0 heterocycles. The first kappa shape index (κ1) is 31.2. The predicted octanol–water partition coefficient (Wildman–Crippen LogP) is 4.32. The summed E-state index contributed by atoms with van der Waals surface area (Å²) < 4.78 is 5.28. The Morgan fingerprint density at radius 1 is 1.10 bits per heavy atom. The Labute approximate surface area is 234 Å². The summed E-state index contributed by atoms with van der Waals surface area (Å²) in [6.45, 7) is 10.2. The summed E-state index contributed by atoms with van der Waals surface area (Å²) >= 11 is 6.36. The van der Waals surface area contributed by atoms with Crippen LogP contribution in [0.25, 0.3) is 0 Å². The number of para-hydroxylation sites is 1. The van der Waals surface area contributed by atoms with Gasteiger partial charge in [0.1, 0.15) is 17.7 Å². The van der Waals surface area contributed by atoms with E-state index in [-0.39, 0.29) is 0 Å². The fraction of sp³-hybridized carbons (Fsp3) is 0.379. The predicted molar refractivity (Wildman–Crippen MR) is 151 cm³/mol. The van der Waals surface area contributed by atoms with E-state index in [1.807, 2.05) is 0 Å². The number of nitrogens with zero attached hydrogens (tertiary/aromatic N) is 1. The minimum atomic E-state index is -1.41. The molecule has 0 radical (unpaired) electrons. The van der Waals surface area contributed by atoms with Crippen molar-refractivity contribution in [2.24, 2.45) is 5.73 Å². The van der Waals surface area contributed by atoms with Crippen molar-refractivity contribution in [1.82, 2.24) is 10.2 Å². The highest BCUT2D eigenvalue weighted by Crippen LogP contribution is 2.31. The summed E-state index contributed by atoms with van der Waals surface area (Å²) in [5.41, 5.74) is 6.41. The monoisotopic (exact) mass is 554 g/mol. The van der Waals surface area contributed by atoms with Crippen LogP contribution in [0.15, 0.2) is 42.5 Å². The Bertz CT molecular complexity index is 1260. The maximum absolute atomic E-state index is 14.0. The molecule has 39 heavy (non-hydrogen) atoms. The normalized spacial score (nSPS) is 12.6. The molecular formula is C29H35ClN4O5. The number of carbonyl (C=O) groups excluding carboxylic acids is 4. The quantitative estimate of drug-likeness (QED) is 0.397. The molecule has 10 heteroatoms. The van der Waals surface area contributed by atoms with Crippen molar-refractivity contribution in [3.05, 3.63) is 64.2 Å². The third-order valence-electron chi connectivity index (χ3n) is 5.61. The van der Waals surface area contributed by atoms with Crippen LogP contribution in [0.3, 0.4) is 0 Å². The highest BCUT2D eigenvalue weighted by Gasteiger charge is 2.39. The minimum Gasteiger partial charge on any atom is -0.444 e. The molecule has 0 aliphatic rings. The second-order valence-corrected chi connectivity index (χ2v) is 10.7. The maximum Gasteiger partial charge on any atom is 0.408 e. The second-order valence-electron chi connectivity index (χ2n) is 10.3. The summed E-state index contributed by atoms with van der Waals surface area (Å²) in [6.07, 6.45) is 4.32. The number of hydrogen-bond donors (Lipinski definition) is 3. The Morgan fingerprint density at radius 2 is 1.74 bits per heavy atom. The highest BCUT2D eigenvalue weighted by atomic mass is 35.5. The fourth-order valence-corrected chi connectivity index (χ4v) is 4.25. The van der Waals surface area contributed by atoms with Gasteiger partial charge >= 0.3 is 6.09 Å². The van der Waals surface area contributed by atoms with Crippen molar-refractivity contribution in [2.45, 2.75) is 71.7 Å². The van der Waals surface area contributed by atoms with E-state index in [2.05, 4.69) is 16.6 Å². The van der Waals surface area contributed by atoms with Gasteiger partial charge in [-0.05, 0) is 64.8 Å². The zero-order valence-electron chi connectivity index (χ0n) is 23.0. The van der Waals surface area contributed by atoms with E-state index < -0.39 is 54.0 Å². The zero-order valence-corrected chi connectivity index (χ0v) is 23.8. The van der Waals surface area contributed by atoms with E-state index in [4.69, 9.17) is 28.5 Å². The third kappa shape index (κ3) is 8.48. The lowest BCUT2D eigenvalue weighted by atomic mass is 9.96. The molecule has 2 atom stereocenters. The SMILES string of the molecule is C#Cc1ccccc1C(C(=O)Nc1c(C)cccc1Cl)N(C(=O)C(CC(N)=O)NC(=O)OC(C)(C)C)C(C)C. The number of hydrogen-bond acceptors (Lipinski definition) is 5. The molecule has 2 aromatic carbocycles. The highest BCUT2D eigenvalue weighted by molar-refractivity contribution is 6.34. The van der Waals surface area contributed by atoms with E-state index in [0.29, 0.717) is 27.4 Å². The van der Waals surface area contributed by atoms with Crippen LogP contribution in [0.5, 0.6) is 0 Å². The number of anilines is 1. The average Bonchev–Trinajstić information content (AvgIpc) is 2.82. The molecule has 0 spiro atoms. The van der Waals surface area contributed by atoms with E-state index in [9.17, 15) is 19.2 Å². The first-order valence-electron chi connectivity index (χ1n) is 12.4. The van der Waals surface area contributed by atoms with Crippen LogP contribution >= 0.6 is 11.6 Å². The van der Waals surface area contributed by atoms with Crippen molar-refractivity contribution in [2.75, 3.05) is 5.32 Å². The lowest BCUT2D eigenvalue weighted by Gasteiger charge is -2.37. The lowest BCUT2D eigenvalue weighted by Crippen LogP contribution is -2.55. The number of alkyl carbamates (subject to hydrolysis) is 1. The van der Waals surface area contributed by atoms with Crippen LogP contribution < -0.4 is 16.4 Å². The second kappa shape index (κ2) is 13.2. The molecule has 208 valence electrons. The molecule has 4 amide bonds. The molecule has 0 aliphatic carbocycles. The molecule has 2 aromatic rings. The van der Waals surface area contributed by atoms with Gasteiger partial charge in [-0.15, -0.1) is 6.42 Å². The number of halogens is 1. The number of carbonyl (C=O) groups is 4. The van der Waals surface area contributed by atoms with Gasteiger partial charge < -0.3 is 26.0 Å². The van der Waals surface area contributed by atoms with Crippen molar-refractivity contribution < 1.29 is 23.9 Å². The zero-order chi connectivity index (χ0) is 29.5. The van der Waals surface area contributed by atoms with Crippen LogP contribution in [0.1, 0.15) is 63.8 Å². The van der Waals surface area contributed by atoms with E-state index in [0.717, 1.165) is 0 Å². The van der Waals surface area contributed by atoms with Gasteiger partial charge in [-0.2, -0.15) is 0 Å². The number of benzene rings is 2. The molecule has 0 aliphatic heterocycles. The fourth-order valence-electron chi connectivity index (χ4n) is 3.98. The molecule has 0 saturated heterocycles. The van der Waals surface area contributed by atoms with Crippen molar-refractivity contribution in [3.8, 4) is 12.3 Å². The molecule has 0 aromatic heterocycles. The van der Waals surface area contributed by atoms with Gasteiger partial charge in [-0.3, -0.25) is 14.4 Å². The topological polar surface area (TPSA) is 131 Å². The first-order chi connectivity index (χ1) is 18.2. The Morgan fingerprint density at radius 3 is 2.28 bits per heavy atom. The summed E-state index contributed by atoms with van der Waals surface area (Å²) in [4.78, 5) is 53.7. The molecule has 9 nitrogen and oxygen atoms in total. The van der Waals surface area contributed by atoms with Gasteiger partial charge in [0.2, 0.25) is 11.8 Å². The summed E-state index contributed by atoms with van der Waals surface area (Å²) in [5.74, 6) is 0.417. The Hall–Kier alpha value is -4.03. The van der Waals surface area contributed by atoms with Gasteiger partial charge in [0, 0.05) is 11.6 Å². The van der Waals surface area contributed by atoms with Gasteiger partial charge in [-0.25, -0.2) is 4.79 Å². The van der Waals surface area contributed by atoms with Crippen LogP contribution in [-0.4, -0.2) is 46.4 Å². The van der Waals surface area contributed by atoms with E-state index >= 15 is 0 Å². The number of aryl methyl sites for hydroxylation is 1. The van der Waals surface area contributed by atoms with Gasteiger partial charge in [-0.1, -0.05) is 47.9 Å². The smallest absolute Gasteiger partial charge is 0.408 e. The molecule has 4 N–H and O–H groups in total. The van der Waals surface area contributed by atoms with Crippen molar-refractivity contribution in [3.63, 3.8) is 0 Å². The van der Waals surface area contributed by atoms with Crippen LogP contribution in [0.2, 0.25) is 5.02 Å². The number of terminal acetylenes is 1.